The van der Waals surface area contributed by atoms with Crippen LogP contribution in [0.1, 0.15) is 46.6 Å². The number of carboxylic acid groups (broad SMARTS) is 1. The highest BCUT2D eigenvalue weighted by Crippen LogP contribution is 2.40. The van der Waals surface area contributed by atoms with Gasteiger partial charge in [-0.15, -0.1) is 0 Å². The maximum atomic E-state index is 10.8. The van der Waals surface area contributed by atoms with Gasteiger partial charge in [0.1, 0.15) is 18.1 Å². The van der Waals surface area contributed by atoms with Gasteiger partial charge in [-0.3, -0.25) is 0 Å². The average Bonchev–Trinajstić information content (AvgIpc) is 2.85. The van der Waals surface area contributed by atoms with Crippen LogP contribution in [0.25, 0.3) is 22.3 Å². The van der Waals surface area contributed by atoms with Crippen molar-refractivity contribution in [1.82, 2.24) is 0 Å². The van der Waals surface area contributed by atoms with E-state index in [2.05, 4.69) is 63.8 Å². The van der Waals surface area contributed by atoms with Gasteiger partial charge in [0.15, 0.2) is 0 Å². The van der Waals surface area contributed by atoms with Crippen LogP contribution in [-0.4, -0.2) is 42.7 Å². The van der Waals surface area contributed by atoms with Gasteiger partial charge in [-0.1, -0.05) is 52.0 Å². The fraction of sp³-hybridized carbons (Fsp3) is 0.367. The average molecular weight is 492 g/mol. The molecular weight excluding hydrogens is 454 g/mol. The van der Waals surface area contributed by atoms with Gasteiger partial charge in [-0.05, 0) is 77.4 Å². The Morgan fingerprint density at radius 1 is 0.917 bits per heavy atom. The van der Waals surface area contributed by atoms with Crippen LogP contribution in [0.4, 0.5) is 10.5 Å². The first-order valence-electron chi connectivity index (χ1n) is 12.5. The van der Waals surface area contributed by atoms with Crippen LogP contribution in [0.15, 0.2) is 60.7 Å². The molecule has 0 aliphatic carbocycles. The topological polar surface area (TPSA) is 79.2 Å². The molecule has 3 aromatic carbocycles. The molecule has 3 rings (SSSR count). The third kappa shape index (κ3) is 6.58. The van der Waals surface area contributed by atoms with E-state index in [1.165, 1.54) is 11.3 Å². The molecule has 0 atom stereocenters. The largest absolute Gasteiger partial charge is 0.511 e. The summed E-state index contributed by atoms with van der Waals surface area (Å²) in [5.74, 6) is 0.972. The van der Waals surface area contributed by atoms with Crippen LogP contribution in [0.2, 0.25) is 0 Å². The molecule has 0 radical (unpaired) electrons. The van der Waals surface area contributed by atoms with Gasteiger partial charge >= 0.3 is 6.16 Å². The van der Waals surface area contributed by atoms with Crippen molar-refractivity contribution in [3.8, 4) is 33.8 Å². The summed E-state index contributed by atoms with van der Waals surface area (Å²) in [4.78, 5) is 13.2. The highest BCUT2D eigenvalue weighted by molar-refractivity contribution is 5.80. The Kier molecular flexibility index (Phi) is 8.99. The molecule has 6 heteroatoms. The number of carbonyl (C=O) groups is 1. The molecule has 0 fully saturated rings. The van der Waals surface area contributed by atoms with E-state index in [1.807, 2.05) is 24.3 Å². The smallest absolute Gasteiger partial charge is 0.491 e. The molecule has 0 amide bonds. The molecule has 0 aromatic heterocycles. The van der Waals surface area contributed by atoms with E-state index in [9.17, 15) is 9.90 Å². The second-order valence-electron chi connectivity index (χ2n) is 9.74. The maximum Gasteiger partial charge on any atom is 0.511 e. The van der Waals surface area contributed by atoms with Crippen molar-refractivity contribution in [2.24, 2.45) is 0 Å². The van der Waals surface area contributed by atoms with E-state index in [-0.39, 0.29) is 24.4 Å². The normalized spacial score (nSPS) is 11.3. The van der Waals surface area contributed by atoms with Gasteiger partial charge in [-0.25, -0.2) is 4.79 Å². The highest BCUT2D eigenvalue weighted by atomic mass is 16.7. The van der Waals surface area contributed by atoms with Crippen LogP contribution in [0.5, 0.6) is 11.5 Å². The number of ether oxygens (including phenoxy) is 2. The van der Waals surface area contributed by atoms with E-state index in [0.717, 1.165) is 41.8 Å². The van der Waals surface area contributed by atoms with Crippen LogP contribution in [0, 0.1) is 0 Å². The van der Waals surface area contributed by atoms with Crippen molar-refractivity contribution in [3.63, 3.8) is 0 Å². The third-order valence-electron chi connectivity index (χ3n) is 6.05. The summed E-state index contributed by atoms with van der Waals surface area (Å²) in [6, 6.07) is 19.5. The summed E-state index contributed by atoms with van der Waals surface area (Å²) in [7, 11) is 0. The number of anilines is 1. The second-order valence-corrected chi connectivity index (χ2v) is 9.74. The molecule has 0 saturated carbocycles. The monoisotopic (exact) mass is 491 g/mol. The van der Waals surface area contributed by atoms with Crippen molar-refractivity contribution in [2.45, 2.75) is 46.5 Å². The number of hydrogen-bond donors (Lipinski definition) is 2. The summed E-state index contributed by atoms with van der Waals surface area (Å²) < 4.78 is 10.6. The van der Waals surface area contributed by atoms with Crippen molar-refractivity contribution >= 4 is 11.8 Å². The molecule has 6 nitrogen and oxygen atoms in total. The minimum Gasteiger partial charge on any atom is -0.491 e. The molecule has 0 saturated heterocycles. The number of aliphatic hydroxyl groups excluding tert-OH is 1. The van der Waals surface area contributed by atoms with Gasteiger partial charge < -0.3 is 24.6 Å². The Morgan fingerprint density at radius 2 is 1.58 bits per heavy atom. The van der Waals surface area contributed by atoms with Crippen molar-refractivity contribution in [2.75, 3.05) is 31.2 Å². The molecule has 0 aliphatic heterocycles. The molecule has 0 unspecified atom stereocenters. The molecule has 2 N–H and O–H groups in total. The number of aliphatic hydroxyl groups is 1. The Bertz CT molecular complexity index is 1160. The predicted octanol–water partition coefficient (Wildman–Crippen LogP) is 6.98. The standard InChI is InChI=1S/C30H37NO5/c1-6-16-31(7-2)27-14-10-23(20-26(27)30(3,4)5)25-19-22(11-15-28(25)35-18-17-32)21-8-12-24(13-9-21)36-29(33)34/h8-15,19-20,32H,6-7,16-18H2,1-5H3,(H,33,34). The van der Waals surface area contributed by atoms with Crippen LogP contribution in [-0.2, 0) is 5.41 Å². The SMILES string of the molecule is CCCN(CC)c1ccc(-c2cc(-c3ccc(OC(=O)O)cc3)ccc2OCCO)cc1C(C)(C)C. The zero-order chi connectivity index (χ0) is 26.3. The Hall–Kier alpha value is -3.51. The lowest BCUT2D eigenvalue weighted by Gasteiger charge is -2.31. The quantitative estimate of drug-likeness (QED) is 0.235. The number of hydrogen-bond acceptors (Lipinski definition) is 5. The molecule has 3 aromatic rings. The third-order valence-corrected chi connectivity index (χ3v) is 6.05. The van der Waals surface area contributed by atoms with E-state index >= 15 is 0 Å². The molecule has 0 spiro atoms. The first-order chi connectivity index (χ1) is 17.2. The fourth-order valence-corrected chi connectivity index (χ4v) is 4.33. The molecule has 0 heterocycles. The van der Waals surface area contributed by atoms with Gasteiger partial charge in [0, 0.05) is 24.3 Å². The lowest BCUT2D eigenvalue weighted by Crippen LogP contribution is -2.27. The van der Waals surface area contributed by atoms with Gasteiger partial charge in [-0.2, -0.15) is 0 Å². The zero-order valence-electron chi connectivity index (χ0n) is 21.9. The fourth-order valence-electron chi connectivity index (χ4n) is 4.33. The van der Waals surface area contributed by atoms with E-state index in [4.69, 9.17) is 14.6 Å². The van der Waals surface area contributed by atoms with E-state index in [0.29, 0.717) is 5.75 Å². The lowest BCUT2D eigenvalue weighted by atomic mass is 9.83. The summed E-state index contributed by atoms with van der Waals surface area (Å²) in [6.07, 6.45) is -0.259. The van der Waals surface area contributed by atoms with Crippen molar-refractivity contribution in [3.05, 3.63) is 66.2 Å². The van der Waals surface area contributed by atoms with Crippen molar-refractivity contribution < 1.29 is 24.5 Å². The summed E-state index contributed by atoms with van der Waals surface area (Å²) >= 11 is 0. The zero-order valence-corrected chi connectivity index (χ0v) is 21.9. The Labute approximate surface area is 214 Å². The molecule has 0 aliphatic rings. The first kappa shape index (κ1) is 27.1. The molecular formula is C30H37NO5. The second kappa shape index (κ2) is 12.0. The van der Waals surface area contributed by atoms with Crippen LogP contribution < -0.4 is 14.4 Å². The molecule has 192 valence electrons. The van der Waals surface area contributed by atoms with Gasteiger partial charge in [0.05, 0.1) is 6.61 Å². The maximum absolute atomic E-state index is 10.8. The highest BCUT2D eigenvalue weighted by Gasteiger charge is 2.22. The van der Waals surface area contributed by atoms with E-state index in [1.54, 1.807) is 12.1 Å². The summed E-state index contributed by atoms with van der Waals surface area (Å²) in [6.45, 7) is 13.2. The minimum atomic E-state index is -1.34. The van der Waals surface area contributed by atoms with Gasteiger partial charge in [0.2, 0.25) is 0 Å². The minimum absolute atomic E-state index is 0.0593. The Morgan fingerprint density at radius 3 is 2.17 bits per heavy atom. The number of rotatable bonds is 10. The predicted molar refractivity (Wildman–Crippen MR) is 145 cm³/mol. The van der Waals surface area contributed by atoms with Crippen LogP contribution in [0.3, 0.4) is 0 Å². The van der Waals surface area contributed by atoms with Gasteiger partial charge in [0.25, 0.3) is 0 Å². The number of benzene rings is 3. The molecule has 36 heavy (non-hydrogen) atoms. The Balaban J connectivity index is 2.11. The first-order valence-corrected chi connectivity index (χ1v) is 12.5. The van der Waals surface area contributed by atoms with E-state index < -0.39 is 6.16 Å². The molecule has 0 bridgehead atoms. The van der Waals surface area contributed by atoms with Crippen LogP contribution >= 0.6 is 0 Å². The summed E-state index contributed by atoms with van der Waals surface area (Å²) in [5, 5.41) is 18.2. The number of nitrogens with zero attached hydrogens (tertiary/aromatic N) is 1. The van der Waals surface area contributed by atoms with Crippen molar-refractivity contribution in [1.29, 1.82) is 0 Å². The lowest BCUT2D eigenvalue weighted by molar-refractivity contribution is 0.144. The summed E-state index contributed by atoms with van der Waals surface area (Å²) in [5.41, 5.74) is 6.32.